The molecule has 186 valence electrons. The summed E-state index contributed by atoms with van der Waals surface area (Å²) in [5.41, 5.74) is 0.498. The number of aromatic nitrogens is 3. The molecule has 1 amide bonds. The van der Waals surface area contributed by atoms with Crippen LogP contribution in [0.4, 0.5) is 5.82 Å². The van der Waals surface area contributed by atoms with E-state index in [2.05, 4.69) is 15.0 Å². The molecule has 0 spiro atoms. The maximum absolute atomic E-state index is 13.2. The van der Waals surface area contributed by atoms with Crippen LogP contribution >= 0.6 is 11.6 Å². The molecule has 4 heterocycles. The molecule has 5 rings (SSSR count). The molecule has 1 aromatic carbocycles. The second-order valence-electron chi connectivity index (χ2n) is 9.11. The molecule has 0 bridgehead atoms. The first-order valence-electron chi connectivity index (χ1n) is 11.6. The van der Waals surface area contributed by atoms with Crippen molar-refractivity contribution in [2.75, 3.05) is 44.2 Å². The van der Waals surface area contributed by atoms with Crippen molar-refractivity contribution < 1.29 is 13.2 Å². The van der Waals surface area contributed by atoms with Crippen LogP contribution in [0.25, 0.3) is 10.9 Å². The highest BCUT2D eigenvalue weighted by atomic mass is 35.5. The standard InChI is InChI=1S/C23H27ClN6O4S/c1-27-22(31)5-4-21(26-27)28-8-6-16(7-9-28)14-29-10-11-30(15-23(29)32)35(33,34)17-2-3-18-19(24)13-25-20(18)12-17/h2-5,12-13,16,25H,6-11,14-15H2,1H3. The number of carbonyl (C=O) groups excluding carboxylic acids is 1. The molecule has 2 aliphatic heterocycles. The van der Waals surface area contributed by atoms with Gasteiger partial charge in [-0.05, 0) is 43.0 Å². The monoisotopic (exact) mass is 518 g/mol. The molecule has 0 radical (unpaired) electrons. The van der Waals surface area contributed by atoms with Gasteiger partial charge in [-0.1, -0.05) is 11.6 Å². The lowest BCUT2D eigenvalue weighted by molar-refractivity contribution is -0.134. The van der Waals surface area contributed by atoms with Gasteiger partial charge in [-0.2, -0.15) is 9.40 Å². The molecule has 0 saturated carbocycles. The number of piperidine rings is 1. The molecule has 12 heteroatoms. The van der Waals surface area contributed by atoms with E-state index in [9.17, 15) is 18.0 Å². The number of aryl methyl sites for hydroxylation is 1. The summed E-state index contributed by atoms with van der Waals surface area (Å²) in [6.45, 7) is 2.68. The molecule has 0 atom stereocenters. The third-order valence-electron chi connectivity index (χ3n) is 6.89. The Bertz CT molecular complexity index is 1430. The highest BCUT2D eigenvalue weighted by Crippen LogP contribution is 2.28. The number of sulfonamides is 1. The van der Waals surface area contributed by atoms with Gasteiger partial charge >= 0.3 is 0 Å². The van der Waals surface area contributed by atoms with Crippen LogP contribution in [0.5, 0.6) is 0 Å². The van der Waals surface area contributed by atoms with E-state index in [1.165, 1.54) is 21.1 Å². The van der Waals surface area contributed by atoms with Crippen LogP contribution in [-0.2, 0) is 21.9 Å². The minimum absolute atomic E-state index is 0.141. The highest BCUT2D eigenvalue weighted by molar-refractivity contribution is 7.89. The van der Waals surface area contributed by atoms with Gasteiger partial charge < -0.3 is 14.8 Å². The molecule has 0 aliphatic carbocycles. The summed E-state index contributed by atoms with van der Waals surface area (Å²) >= 11 is 6.09. The molecule has 35 heavy (non-hydrogen) atoms. The van der Waals surface area contributed by atoms with Crippen molar-refractivity contribution in [1.82, 2.24) is 24.0 Å². The van der Waals surface area contributed by atoms with Crippen LogP contribution in [0, 0.1) is 5.92 Å². The minimum Gasteiger partial charge on any atom is -0.360 e. The average Bonchev–Trinajstić information content (AvgIpc) is 3.22. The number of hydrogen-bond acceptors (Lipinski definition) is 6. The van der Waals surface area contributed by atoms with Gasteiger partial charge in [0.15, 0.2) is 0 Å². The molecule has 10 nitrogen and oxygen atoms in total. The maximum atomic E-state index is 13.2. The largest absolute Gasteiger partial charge is 0.360 e. The molecule has 2 fully saturated rings. The van der Waals surface area contributed by atoms with E-state index < -0.39 is 10.0 Å². The van der Waals surface area contributed by atoms with E-state index in [0.717, 1.165) is 37.1 Å². The van der Waals surface area contributed by atoms with Gasteiger partial charge in [0.05, 0.1) is 16.5 Å². The molecular weight excluding hydrogens is 492 g/mol. The van der Waals surface area contributed by atoms with Crippen molar-refractivity contribution in [2.45, 2.75) is 17.7 Å². The van der Waals surface area contributed by atoms with Gasteiger partial charge in [0.1, 0.15) is 5.82 Å². The van der Waals surface area contributed by atoms with Gasteiger partial charge in [0.25, 0.3) is 5.56 Å². The maximum Gasteiger partial charge on any atom is 0.266 e. The molecule has 2 aromatic heterocycles. The summed E-state index contributed by atoms with van der Waals surface area (Å²) in [4.78, 5) is 31.5. The summed E-state index contributed by atoms with van der Waals surface area (Å²) in [5, 5.41) is 5.60. The number of nitrogens with one attached hydrogen (secondary N) is 1. The van der Waals surface area contributed by atoms with Crippen LogP contribution in [0.1, 0.15) is 12.8 Å². The zero-order chi connectivity index (χ0) is 24.7. The summed E-state index contributed by atoms with van der Waals surface area (Å²) < 4.78 is 28.9. The summed E-state index contributed by atoms with van der Waals surface area (Å²) in [7, 11) is -2.16. The van der Waals surface area contributed by atoms with E-state index in [0.29, 0.717) is 29.5 Å². The Morgan fingerprint density at radius 2 is 1.86 bits per heavy atom. The molecule has 2 saturated heterocycles. The number of fused-ring (bicyclic) bond motifs is 1. The van der Waals surface area contributed by atoms with Crippen LogP contribution in [0.15, 0.2) is 46.2 Å². The van der Waals surface area contributed by atoms with Crippen LogP contribution in [0.2, 0.25) is 5.02 Å². The molecule has 1 N–H and O–H groups in total. The summed E-state index contributed by atoms with van der Waals surface area (Å²) in [6.07, 6.45) is 3.41. The zero-order valence-electron chi connectivity index (χ0n) is 19.4. The first-order chi connectivity index (χ1) is 16.7. The van der Waals surface area contributed by atoms with Gasteiger partial charge in [-0.15, -0.1) is 0 Å². The molecule has 2 aliphatic rings. The van der Waals surface area contributed by atoms with Gasteiger partial charge in [0.2, 0.25) is 15.9 Å². The number of amides is 1. The quantitative estimate of drug-likeness (QED) is 0.550. The van der Waals surface area contributed by atoms with Crippen LogP contribution in [-0.4, -0.2) is 77.6 Å². The Balaban J connectivity index is 1.18. The Kier molecular flexibility index (Phi) is 6.32. The van der Waals surface area contributed by atoms with Gasteiger partial charge in [-0.25, -0.2) is 13.1 Å². The Hall–Kier alpha value is -2.89. The van der Waals surface area contributed by atoms with Crippen molar-refractivity contribution in [3.8, 4) is 0 Å². The van der Waals surface area contributed by atoms with E-state index in [1.807, 2.05) is 0 Å². The number of halogens is 1. The van der Waals surface area contributed by atoms with Gasteiger partial charge in [-0.3, -0.25) is 9.59 Å². The number of nitrogens with zero attached hydrogens (tertiary/aromatic N) is 5. The highest BCUT2D eigenvalue weighted by Gasteiger charge is 2.34. The van der Waals surface area contributed by atoms with E-state index in [1.54, 1.807) is 36.3 Å². The van der Waals surface area contributed by atoms with Crippen molar-refractivity contribution in [1.29, 1.82) is 0 Å². The number of carbonyl (C=O) groups is 1. The lowest BCUT2D eigenvalue weighted by Gasteiger charge is -2.38. The molecule has 3 aromatic rings. The van der Waals surface area contributed by atoms with E-state index in [-0.39, 0.29) is 29.5 Å². The number of aromatic amines is 1. The van der Waals surface area contributed by atoms with E-state index >= 15 is 0 Å². The number of hydrogen-bond donors (Lipinski definition) is 1. The van der Waals surface area contributed by atoms with Crippen LogP contribution < -0.4 is 10.5 Å². The summed E-state index contributed by atoms with van der Waals surface area (Å²) in [6, 6.07) is 8.03. The smallest absolute Gasteiger partial charge is 0.266 e. The predicted octanol–water partition coefficient (Wildman–Crippen LogP) is 1.66. The number of benzene rings is 1. The first kappa shape index (κ1) is 23.8. The first-order valence-corrected chi connectivity index (χ1v) is 13.4. The Morgan fingerprint density at radius 1 is 1.09 bits per heavy atom. The fourth-order valence-corrected chi connectivity index (χ4v) is 6.41. The van der Waals surface area contributed by atoms with Gasteiger partial charge in [0, 0.05) is 62.9 Å². The topological polar surface area (TPSA) is 112 Å². The predicted molar refractivity (Wildman–Crippen MR) is 133 cm³/mol. The Morgan fingerprint density at radius 3 is 2.57 bits per heavy atom. The molecular formula is C23H27ClN6O4S. The number of H-pyrrole nitrogens is 1. The van der Waals surface area contributed by atoms with Crippen molar-refractivity contribution in [3.05, 3.63) is 51.9 Å². The average molecular weight is 519 g/mol. The minimum atomic E-state index is -3.79. The third-order valence-corrected chi connectivity index (χ3v) is 9.04. The Labute approximate surface area is 208 Å². The number of rotatable bonds is 5. The fourth-order valence-electron chi connectivity index (χ4n) is 4.78. The normalized spacial score (nSPS) is 18.5. The van der Waals surface area contributed by atoms with Crippen molar-refractivity contribution in [2.24, 2.45) is 13.0 Å². The number of anilines is 1. The lowest BCUT2D eigenvalue weighted by atomic mass is 9.96. The fraction of sp³-hybridized carbons (Fsp3) is 0.435. The second kappa shape index (κ2) is 9.29. The van der Waals surface area contributed by atoms with Crippen molar-refractivity contribution >= 4 is 44.3 Å². The zero-order valence-corrected chi connectivity index (χ0v) is 20.9. The van der Waals surface area contributed by atoms with Crippen molar-refractivity contribution in [3.63, 3.8) is 0 Å². The second-order valence-corrected chi connectivity index (χ2v) is 11.5. The molecule has 0 unspecified atom stereocenters. The third kappa shape index (κ3) is 4.67. The summed E-state index contributed by atoms with van der Waals surface area (Å²) in [5.74, 6) is 0.942. The van der Waals surface area contributed by atoms with E-state index in [4.69, 9.17) is 11.6 Å². The van der Waals surface area contributed by atoms with Crippen LogP contribution in [0.3, 0.4) is 0 Å². The SMILES string of the molecule is Cn1nc(N2CCC(CN3CCN(S(=O)(=O)c4ccc5c(Cl)c[nH]c5c4)CC3=O)CC2)ccc1=O. The number of piperazine rings is 1. The lowest BCUT2D eigenvalue weighted by Crippen LogP contribution is -2.53.